The van der Waals surface area contributed by atoms with Crippen LogP contribution in [0.25, 0.3) is 0 Å². The largest absolute Gasteiger partial charge is 0.760 e. The van der Waals surface area contributed by atoms with Gasteiger partial charge in [-0.05, 0) is 61.2 Å². The van der Waals surface area contributed by atoms with Crippen LogP contribution in [0, 0.1) is 0 Å². The lowest BCUT2D eigenvalue weighted by Gasteiger charge is -2.24. The zero-order chi connectivity index (χ0) is 24.6. The van der Waals surface area contributed by atoms with Gasteiger partial charge >= 0.3 is 0 Å². The third kappa shape index (κ3) is 6.45. The van der Waals surface area contributed by atoms with Crippen molar-refractivity contribution in [2.45, 2.75) is 25.3 Å². The number of anilines is 4. The van der Waals surface area contributed by atoms with Crippen LogP contribution in [-0.4, -0.2) is 46.0 Å². The fraction of sp³-hybridized carbons (Fsp3) is 0.333. The zero-order valence-electron chi connectivity index (χ0n) is 19.7. The van der Waals surface area contributed by atoms with Gasteiger partial charge in [-0.3, -0.25) is 4.21 Å². The van der Waals surface area contributed by atoms with E-state index in [0.717, 1.165) is 42.9 Å². The maximum absolute atomic E-state index is 10.9. The van der Waals surface area contributed by atoms with Gasteiger partial charge in [0.2, 0.25) is 5.95 Å². The molecule has 10 nitrogen and oxygen atoms in total. The van der Waals surface area contributed by atoms with E-state index in [1.807, 2.05) is 30.3 Å². The highest BCUT2D eigenvalue weighted by atomic mass is 32.2. The SMILES string of the molecule is COc1cc(C2CCNCC2)ccc1Nc1ncc(OC)c(Nc2ccccc2CNS(=O)[O-])n1. The molecule has 0 bridgehead atoms. The first-order chi connectivity index (χ1) is 17.1. The lowest BCUT2D eigenvalue weighted by atomic mass is 9.90. The van der Waals surface area contributed by atoms with E-state index in [1.165, 1.54) is 12.7 Å². The first-order valence-electron chi connectivity index (χ1n) is 11.3. The molecule has 11 heteroatoms. The number of ether oxygens (including phenoxy) is 2. The summed E-state index contributed by atoms with van der Waals surface area (Å²) in [6, 6.07) is 13.5. The number of benzene rings is 2. The second-order valence-corrected chi connectivity index (χ2v) is 8.82. The average Bonchev–Trinajstić information content (AvgIpc) is 2.89. The first-order valence-corrected chi connectivity index (χ1v) is 12.4. The number of methoxy groups -OCH3 is 2. The van der Waals surface area contributed by atoms with E-state index in [1.54, 1.807) is 13.3 Å². The molecule has 1 unspecified atom stereocenters. The summed E-state index contributed by atoms with van der Waals surface area (Å²) in [5.41, 5.74) is 3.46. The monoisotopic (exact) mass is 497 g/mol. The quantitative estimate of drug-likeness (QED) is 0.311. The van der Waals surface area contributed by atoms with Crippen LogP contribution >= 0.6 is 0 Å². The summed E-state index contributed by atoms with van der Waals surface area (Å²) in [5.74, 6) is 2.47. The molecule has 0 amide bonds. The van der Waals surface area contributed by atoms with Crippen molar-refractivity contribution in [2.75, 3.05) is 37.9 Å². The van der Waals surface area contributed by atoms with Gasteiger partial charge < -0.3 is 30.0 Å². The number of piperidine rings is 1. The van der Waals surface area contributed by atoms with Crippen LogP contribution in [0.3, 0.4) is 0 Å². The van der Waals surface area contributed by atoms with E-state index in [9.17, 15) is 8.76 Å². The fourth-order valence-electron chi connectivity index (χ4n) is 4.07. The van der Waals surface area contributed by atoms with Crippen molar-refractivity contribution >= 4 is 34.4 Å². The van der Waals surface area contributed by atoms with Crippen molar-refractivity contribution in [1.29, 1.82) is 0 Å². The highest BCUT2D eigenvalue weighted by Gasteiger charge is 2.18. The molecule has 1 aromatic heterocycles. The summed E-state index contributed by atoms with van der Waals surface area (Å²) in [6.45, 7) is 2.19. The van der Waals surface area contributed by atoms with Crippen molar-refractivity contribution in [3.05, 3.63) is 59.8 Å². The molecule has 0 saturated carbocycles. The summed E-state index contributed by atoms with van der Waals surface area (Å²) >= 11 is -2.36. The molecule has 1 atom stereocenters. The van der Waals surface area contributed by atoms with Crippen molar-refractivity contribution in [3.63, 3.8) is 0 Å². The molecule has 186 valence electrons. The van der Waals surface area contributed by atoms with Crippen LogP contribution in [-0.2, 0) is 17.8 Å². The minimum atomic E-state index is -2.36. The molecule has 1 aliphatic heterocycles. The molecule has 4 N–H and O–H groups in total. The van der Waals surface area contributed by atoms with Gasteiger partial charge in [0.15, 0.2) is 11.6 Å². The van der Waals surface area contributed by atoms with Crippen molar-refractivity contribution < 1.29 is 18.2 Å². The molecular weight excluding hydrogens is 468 g/mol. The van der Waals surface area contributed by atoms with Gasteiger partial charge in [-0.15, -0.1) is 0 Å². The molecule has 3 aromatic rings. The average molecular weight is 498 g/mol. The van der Waals surface area contributed by atoms with E-state index in [-0.39, 0.29) is 6.54 Å². The fourth-order valence-corrected chi connectivity index (χ4v) is 4.34. The van der Waals surface area contributed by atoms with Crippen LogP contribution in [0.4, 0.5) is 23.1 Å². The molecule has 2 aromatic carbocycles. The Hall–Kier alpha value is -3.25. The predicted octanol–water partition coefficient (Wildman–Crippen LogP) is 3.33. The summed E-state index contributed by atoms with van der Waals surface area (Å²) in [7, 11) is 3.18. The molecule has 1 saturated heterocycles. The number of nitrogens with zero attached hydrogens (tertiary/aromatic N) is 2. The molecule has 0 spiro atoms. The second kappa shape index (κ2) is 11.9. The minimum Gasteiger partial charge on any atom is -0.760 e. The lowest BCUT2D eigenvalue weighted by molar-refractivity contribution is 0.412. The summed E-state index contributed by atoms with van der Waals surface area (Å²) in [4.78, 5) is 8.97. The van der Waals surface area contributed by atoms with Gasteiger partial charge in [0.25, 0.3) is 0 Å². The van der Waals surface area contributed by atoms with Crippen LogP contribution in [0.1, 0.15) is 29.9 Å². The number of hydrogen-bond donors (Lipinski definition) is 4. The molecule has 1 fully saturated rings. The van der Waals surface area contributed by atoms with Crippen LogP contribution in [0.15, 0.2) is 48.7 Å². The highest BCUT2D eigenvalue weighted by Crippen LogP contribution is 2.34. The van der Waals surface area contributed by atoms with Gasteiger partial charge in [0, 0.05) is 23.5 Å². The Kier molecular flexibility index (Phi) is 8.48. The van der Waals surface area contributed by atoms with Gasteiger partial charge in [0.1, 0.15) is 5.75 Å². The molecule has 0 aliphatic carbocycles. The smallest absolute Gasteiger partial charge is 0.229 e. The van der Waals surface area contributed by atoms with E-state index >= 15 is 0 Å². The number of nitrogens with one attached hydrogen (secondary N) is 4. The minimum absolute atomic E-state index is 0.137. The Balaban J connectivity index is 1.56. The van der Waals surface area contributed by atoms with Crippen LogP contribution in [0.5, 0.6) is 11.5 Å². The van der Waals surface area contributed by atoms with Gasteiger partial charge in [-0.25, -0.2) is 9.71 Å². The number of aromatic nitrogens is 2. The summed E-state index contributed by atoms with van der Waals surface area (Å²) in [6.07, 6.45) is 3.78. The first kappa shape index (κ1) is 24.9. The summed E-state index contributed by atoms with van der Waals surface area (Å²) in [5, 5.41) is 9.86. The molecular formula is C24H29N6O4S-. The topological polar surface area (TPSA) is 132 Å². The van der Waals surface area contributed by atoms with Crippen molar-refractivity contribution in [2.24, 2.45) is 0 Å². The van der Waals surface area contributed by atoms with Gasteiger partial charge in [-0.2, -0.15) is 4.98 Å². The Morgan fingerprint density at radius 1 is 1.06 bits per heavy atom. The second-order valence-electron chi connectivity index (χ2n) is 8.06. The van der Waals surface area contributed by atoms with E-state index in [4.69, 9.17) is 9.47 Å². The van der Waals surface area contributed by atoms with E-state index in [0.29, 0.717) is 29.1 Å². The van der Waals surface area contributed by atoms with E-state index < -0.39 is 11.3 Å². The molecule has 35 heavy (non-hydrogen) atoms. The van der Waals surface area contributed by atoms with Crippen molar-refractivity contribution in [1.82, 2.24) is 20.0 Å². The number of para-hydroxylation sites is 1. The van der Waals surface area contributed by atoms with Gasteiger partial charge in [-0.1, -0.05) is 24.3 Å². The predicted molar refractivity (Wildman–Crippen MR) is 135 cm³/mol. The standard InChI is InChI=1S/C24H30N6O4S/c1-33-21-13-17(16-9-11-25-12-10-16)7-8-20(21)29-24-26-15-22(34-2)23(30-24)28-19-6-4-3-5-18(19)14-27-35(31)32/h3-8,13,15-16,25,27H,9-12,14H2,1-2H3,(H,31,32)(H2,26,28,29,30)/p-1. The Bertz CT molecular complexity index is 1170. The van der Waals surface area contributed by atoms with Crippen LogP contribution < -0.4 is 30.1 Å². The lowest BCUT2D eigenvalue weighted by Crippen LogP contribution is -2.26. The number of hydrogen-bond acceptors (Lipinski definition) is 9. The number of rotatable bonds is 10. The van der Waals surface area contributed by atoms with E-state index in [2.05, 4.69) is 42.8 Å². The third-order valence-corrected chi connectivity index (χ3v) is 6.29. The molecule has 2 heterocycles. The van der Waals surface area contributed by atoms with Gasteiger partial charge in [0.05, 0.1) is 26.1 Å². The zero-order valence-corrected chi connectivity index (χ0v) is 20.5. The molecule has 4 rings (SSSR count). The third-order valence-electron chi connectivity index (χ3n) is 5.91. The maximum atomic E-state index is 10.9. The Morgan fingerprint density at radius 2 is 1.83 bits per heavy atom. The molecule has 0 radical (unpaired) electrons. The maximum Gasteiger partial charge on any atom is 0.229 e. The Labute approximate surface area is 207 Å². The summed E-state index contributed by atoms with van der Waals surface area (Å²) < 4.78 is 35.3. The molecule has 1 aliphatic rings. The van der Waals surface area contributed by atoms with Crippen LogP contribution in [0.2, 0.25) is 0 Å². The highest BCUT2D eigenvalue weighted by molar-refractivity contribution is 7.77. The van der Waals surface area contributed by atoms with Crippen molar-refractivity contribution in [3.8, 4) is 11.5 Å². The normalized spacial score (nSPS) is 14.8. The Morgan fingerprint density at radius 3 is 2.57 bits per heavy atom.